The van der Waals surface area contributed by atoms with Gasteiger partial charge in [-0.2, -0.15) is 10.1 Å². The third-order valence-corrected chi connectivity index (χ3v) is 12.2. The van der Waals surface area contributed by atoms with Gasteiger partial charge in [0, 0.05) is 71.0 Å². The Morgan fingerprint density at radius 2 is 1.79 bits per heavy atom. The lowest BCUT2D eigenvalue weighted by atomic mass is 9.97. The molecule has 2 bridgehead atoms. The van der Waals surface area contributed by atoms with Crippen LogP contribution < -0.4 is 41.5 Å². The minimum Gasteiger partial charge on any atom is -0.477 e. The van der Waals surface area contributed by atoms with E-state index in [1.807, 2.05) is 31.0 Å². The third kappa shape index (κ3) is 7.92. The van der Waals surface area contributed by atoms with E-state index in [1.54, 1.807) is 29.1 Å². The highest BCUT2D eigenvalue weighted by Gasteiger charge is 2.37. The number of nitrogens with one attached hydrogen (secondary N) is 4. The number of aryl methyl sites for hydroxylation is 3. The molecule has 4 amide bonds. The molecule has 0 saturated carbocycles. The van der Waals surface area contributed by atoms with Crippen LogP contribution in [0.15, 0.2) is 58.4 Å². The number of guanidine groups is 1. The normalized spacial score (nSPS) is 20.0. The zero-order valence-corrected chi connectivity index (χ0v) is 35.5. The lowest BCUT2D eigenvalue weighted by Gasteiger charge is -2.40. The van der Waals surface area contributed by atoms with Gasteiger partial charge in [0.15, 0.2) is 0 Å². The predicted octanol–water partition coefficient (Wildman–Crippen LogP) is 3.14. The first-order valence-corrected chi connectivity index (χ1v) is 21.3. The Morgan fingerprint density at radius 1 is 0.968 bits per heavy atom. The first-order valence-electron chi connectivity index (χ1n) is 21.3. The number of carbonyl (C=O) groups excluding carboxylic acids is 4. The molecular formula is C44H49FN12O6. The maximum Gasteiger partial charge on any atom is 0.329 e. The van der Waals surface area contributed by atoms with Crippen molar-refractivity contribution in [2.45, 2.75) is 52.1 Å². The number of aromatic nitrogens is 5. The number of nitrogens with zero attached hydrogens (tertiary/aromatic N) is 8. The third-order valence-electron chi connectivity index (χ3n) is 12.2. The van der Waals surface area contributed by atoms with Gasteiger partial charge < -0.3 is 30.5 Å². The predicted molar refractivity (Wildman–Crippen MR) is 233 cm³/mol. The van der Waals surface area contributed by atoms with Gasteiger partial charge in [-0.25, -0.2) is 13.9 Å². The van der Waals surface area contributed by atoms with E-state index in [0.717, 1.165) is 39.9 Å². The lowest BCUT2D eigenvalue weighted by Crippen LogP contribution is -2.54. The van der Waals surface area contributed by atoms with Crippen LogP contribution in [0.3, 0.4) is 0 Å². The number of carbonyl (C=O) groups is 4. The number of ether oxygens (including phenoxy) is 1. The summed E-state index contributed by atoms with van der Waals surface area (Å²) in [6.45, 7) is 7.36. The number of imidazole rings is 1. The average Bonchev–Trinajstić information content (AvgIpc) is 3.86. The maximum atomic E-state index is 15.3. The molecule has 328 valence electrons. The minimum absolute atomic E-state index is 0.00429. The molecule has 2 fully saturated rings. The summed E-state index contributed by atoms with van der Waals surface area (Å²) < 4.78 is 25.7. The summed E-state index contributed by atoms with van der Waals surface area (Å²) in [6, 6.07) is 11.4. The standard InChI is InChI=1S/C44H49FN12O6/c1-24-6-5-15-63-42-29(20-48-54(42)4)32-18-27(16-25(2)49-32)40(60)52-43-50-31-9-7-26(17-35(31)56(43)21-24)19-46-13-14-47-39(59)28-22-55(23-28)33-10-8-30(45)37-38(33)53(3)44(62)57(37)34-11-12-36(58)51-41(34)61/h7-10,16-18,20,24,28,34,46H,5-6,11-15,19,21-23H2,1-4H3,(H,47,59)(H,50,52,60)(H,51,58,61)/t24-,34?/m1/s1. The number of halogens is 1. The highest BCUT2D eigenvalue weighted by atomic mass is 19.1. The average molecular weight is 861 g/mol. The molecule has 0 spiro atoms. The van der Waals surface area contributed by atoms with Crippen molar-refractivity contribution in [3.63, 3.8) is 0 Å². The number of piperidine rings is 1. The van der Waals surface area contributed by atoms with Crippen molar-refractivity contribution < 1.29 is 28.3 Å². The van der Waals surface area contributed by atoms with Gasteiger partial charge in [0.2, 0.25) is 29.6 Å². The molecule has 4 aliphatic rings. The van der Waals surface area contributed by atoms with Crippen LogP contribution in [0.4, 0.5) is 21.5 Å². The molecule has 0 aliphatic carbocycles. The Labute approximate surface area is 361 Å². The number of hydrogen-bond acceptors (Lipinski definition) is 12. The van der Waals surface area contributed by atoms with Gasteiger partial charge in [0.1, 0.15) is 17.4 Å². The van der Waals surface area contributed by atoms with Crippen LogP contribution in [-0.4, -0.2) is 92.8 Å². The van der Waals surface area contributed by atoms with Crippen molar-refractivity contribution in [1.29, 1.82) is 0 Å². The van der Waals surface area contributed by atoms with E-state index in [-0.39, 0.29) is 36.1 Å². The minimum atomic E-state index is -1.01. The first-order chi connectivity index (χ1) is 30.3. The van der Waals surface area contributed by atoms with Gasteiger partial charge in [-0.15, -0.1) is 0 Å². The molecule has 2 atom stereocenters. The molecule has 9 rings (SSSR count). The van der Waals surface area contributed by atoms with Gasteiger partial charge >= 0.3 is 5.69 Å². The fraction of sp³-hybridized carbons (Fsp3) is 0.409. The van der Waals surface area contributed by atoms with Crippen molar-refractivity contribution >= 4 is 57.7 Å². The number of pyridine rings is 1. The van der Waals surface area contributed by atoms with E-state index in [2.05, 4.69) is 54.2 Å². The summed E-state index contributed by atoms with van der Waals surface area (Å²) in [7, 11) is 3.35. The Balaban J connectivity index is 0.817. The molecule has 4 N–H and O–H groups in total. The van der Waals surface area contributed by atoms with Gasteiger partial charge in [0.25, 0.3) is 5.91 Å². The molecule has 5 aromatic rings. The molecule has 4 aliphatic heterocycles. The number of imide groups is 1. The summed E-state index contributed by atoms with van der Waals surface area (Å²) in [6.07, 6.45) is 3.55. The molecule has 1 unspecified atom stereocenters. The fourth-order valence-corrected chi connectivity index (χ4v) is 8.88. The number of aliphatic imine (C=N–C) groups is 1. The van der Waals surface area contributed by atoms with Crippen LogP contribution in [-0.2, 0) is 35.0 Å². The Bertz CT molecular complexity index is 2770. The molecule has 63 heavy (non-hydrogen) atoms. The number of hydrogen-bond donors (Lipinski definition) is 4. The summed E-state index contributed by atoms with van der Waals surface area (Å²) in [4.78, 5) is 77.9. The van der Waals surface area contributed by atoms with Crippen LogP contribution in [0.5, 0.6) is 5.88 Å². The largest absolute Gasteiger partial charge is 0.477 e. The van der Waals surface area contributed by atoms with Crippen molar-refractivity contribution in [3.8, 4) is 17.1 Å². The molecular weight excluding hydrogens is 812 g/mol. The quantitative estimate of drug-likeness (QED) is 0.131. The molecule has 19 heteroatoms. The second-order valence-electron chi connectivity index (χ2n) is 16.8. The Morgan fingerprint density at radius 3 is 2.60 bits per heavy atom. The fourth-order valence-electron chi connectivity index (χ4n) is 8.88. The van der Waals surface area contributed by atoms with E-state index in [1.165, 1.54) is 17.7 Å². The summed E-state index contributed by atoms with van der Waals surface area (Å²) in [5.74, 6) is -1.21. The number of benzene rings is 2. The molecule has 18 nitrogen and oxygen atoms in total. The van der Waals surface area contributed by atoms with Crippen LogP contribution in [0.25, 0.3) is 22.3 Å². The molecule has 2 saturated heterocycles. The van der Waals surface area contributed by atoms with E-state index in [0.29, 0.717) is 85.9 Å². The van der Waals surface area contributed by atoms with Crippen molar-refractivity contribution in [2.75, 3.05) is 54.4 Å². The van der Waals surface area contributed by atoms with E-state index >= 15 is 4.39 Å². The Kier molecular flexibility index (Phi) is 11.0. The number of anilines is 3. The maximum absolute atomic E-state index is 15.3. The molecule has 3 aromatic heterocycles. The SMILES string of the molecule is Cc1cc2cc(n1)-c1cnn(C)c1OCCC[C@@H](C)CN1/C(=N/C2=O)Nc2ccc(CNCCNC(=O)C3CN(c4ccc(F)c5c4n(C)c(=O)n5C4CCC(=O)NC4=O)C3)cc21. The summed E-state index contributed by atoms with van der Waals surface area (Å²) in [5, 5.41) is 16.4. The smallest absolute Gasteiger partial charge is 0.329 e. The zero-order valence-electron chi connectivity index (χ0n) is 35.5. The lowest BCUT2D eigenvalue weighted by molar-refractivity contribution is -0.135. The van der Waals surface area contributed by atoms with Crippen LogP contribution in [0.1, 0.15) is 60.3 Å². The second kappa shape index (κ2) is 16.8. The van der Waals surface area contributed by atoms with E-state index < -0.39 is 35.3 Å². The highest BCUT2D eigenvalue weighted by molar-refractivity contribution is 6.19. The second-order valence-corrected chi connectivity index (χ2v) is 16.8. The Hall–Kier alpha value is -6.89. The van der Waals surface area contributed by atoms with Gasteiger partial charge in [-0.1, -0.05) is 13.0 Å². The van der Waals surface area contributed by atoms with Crippen LogP contribution in [0.2, 0.25) is 0 Å². The summed E-state index contributed by atoms with van der Waals surface area (Å²) in [5.41, 5.74) is 5.54. The zero-order chi connectivity index (χ0) is 44.1. The van der Waals surface area contributed by atoms with Crippen molar-refractivity contribution in [1.82, 2.24) is 39.8 Å². The summed E-state index contributed by atoms with van der Waals surface area (Å²) >= 11 is 0. The van der Waals surface area contributed by atoms with Crippen LogP contribution in [0, 0.1) is 24.6 Å². The van der Waals surface area contributed by atoms with Gasteiger partial charge in [0.05, 0.1) is 52.6 Å². The topological polar surface area (TPSA) is 202 Å². The van der Waals surface area contributed by atoms with Crippen molar-refractivity contribution in [2.24, 2.45) is 30.9 Å². The van der Waals surface area contributed by atoms with Crippen molar-refractivity contribution in [3.05, 3.63) is 81.8 Å². The van der Waals surface area contributed by atoms with E-state index in [4.69, 9.17) is 4.74 Å². The molecule has 7 heterocycles. The van der Waals surface area contributed by atoms with E-state index in [9.17, 15) is 24.0 Å². The monoisotopic (exact) mass is 860 g/mol. The number of rotatable bonds is 8. The highest BCUT2D eigenvalue weighted by Crippen LogP contribution is 2.37. The number of fused-ring (bicyclic) bond motifs is 8. The molecule has 2 aromatic carbocycles. The van der Waals surface area contributed by atoms with Crippen LogP contribution >= 0.6 is 0 Å². The van der Waals surface area contributed by atoms with Gasteiger partial charge in [-0.3, -0.25) is 38.6 Å². The first kappa shape index (κ1) is 41.5. The van der Waals surface area contributed by atoms with Gasteiger partial charge in [-0.05, 0) is 74.1 Å². The molecule has 0 radical (unpaired) electrons. The number of amides is 4.